The first-order chi connectivity index (χ1) is 10.1. The number of hydrogen-bond donors (Lipinski definition) is 2. The van der Waals surface area contributed by atoms with Gasteiger partial charge in [-0.05, 0) is 44.4 Å². The van der Waals surface area contributed by atoms with Gasteiger partial charge in [-0.3, -0.25) is 9.67 Å². The van der Waals surface area contributed by atoms with Crippen LogP contribution >= 0.6 is 35.7 Å². The summed E-state index contributed by atoms with van der Waals surface area (Å²) in [6, 6.07) is 0. The Balaban J connectivity index is 0.00000242. The van der Waals surface area contributed by atoms with E-state index in [2.05, 4.69) is 46.3 Å². The highest BCUT2D eigenvalue weighted by molar-refractivity contribution is 14.0. The minimum absolute atomic E-state index is 0. The van der Waals surface area contributed by atoms with Crippen LogP contribution in [0.1, 0.15) is 29.8 Å². The third-order valence-corrected chi connectivity index (χ3v) is 5.47. The van der Waals surface area contributed by atoms with Crippen molar-refractivity contribution in [1.82, 2.24) is 20.4 Å². The van der Waals surface area contributed by atoms with Crippen LogP contribution in [0.3, 0.4) is 0 Å². The van der Waals surface area contributed by atoms with Gasteiger partial charge in [0.25, 0.3) is 0 Å². The summed E-state index contributed by atoms with van der Waals surface area (Å²) < 4.78 is 1.95. The zero-order chi connectivity index (χ0) is 15.2. The molecular weight excluding hydrogens is 409 g/mol. The standard InChI is InChI=1S/C15H27N5S.HI/c1-11-14(12(2)20(4)19-11)7-8-17-15(16-3)18-10-13-6-5-9-21-13;/h13H,5-10H2,1-4H3,(H2,16,17,18);1H. The van der Waals surface area contributed by atoms with E-state index in [1.807, 2.05) is 18.8 Å². The molecule has 2 heterocycles. The normalized spacial score (nSPS) is 18.2. The number of aryl methyl sites for hydroxylation is 2. The summed E-state index contributed by atoms with van der Waals surface area (Å²) >= 11 is 2.07. The Bertz CT molecular complexity index is 494. The molecule has 0 bridgehead atoms. The Morgan fingerprint density at radius 3 is 2.73 bits per heavy atom. The molecule has 2 N–H and O–H groups in total. The first kappa shape index (κ1) is 19.6. The number of hydrogen-bond acceptors (Lipinski definition) is 3. The predicted octanol–water partition coefficient (Wildman–Crippen LogP) is 2.26. The van der Waals surface area contributed by atoms with Gasteiger partial charge in [-0.2, -0.15) is 16.9 Å². The van der Waals surface area contributed by atoms with E-state index in [0.29, 0.717) is 0 Å². The lowest BCUT2D eigenvalue weighted by Crippen LogP contribution is -2.41. The molecule has 7 heteroatoms. The third-order valence-electron chi connectivity index (χ3n) is 4.07. The van der Waals surface area contributed by atoms with E-state index >= 15 is 0 Å². The SMILES string of the molecule is CN=C(NCCc1c(C)nn(C)c1C)NCC1CCCS1.I. The molecule has 1 atom stereocenters. The van der Waals surface area contributed by atoms with Crippen molar-refractivity contribution >= 4 is 41.7 Å². The van der Waals surface area contributed by atoms with Gasteiger partial charge >= 0.3 is 0 Å². The fourth-order valence-electron chi connectivity index (χ4n) is 2.72. The van der Waals surface area contributed by atoms with Crippen LogP contribution < -0.4 is 10.6 Å². The van der Waals surface area contributed by atoms with E-state index in [1.165, 1.54) is 29.9 Å². The Morgan fingerprint density at radius 2 is 2.18 bits per heavy atom. The summed E-state index contributed by atoms with van der Waals surface area (Å²) in [6.07, 6.45) is 3.65. The number of guanidine groups is 1. The molecule has 0 amide bonds. The number of aromatic nitrogens is 2. The topological polar surface area (TPSA) is 54.2 Å². The number of aliphatic imine (C=N–C) groups is 1. The number of halogens is 1. The maximum absolute atomic E-state index is 4.46. The summed E-state index contributed by atoms with van der Waals surface area (Å²) in [5.74, 6) is 2.21. The molecule has 126 valence electrons. The summed E-state index contributed by atoms with van der Waals surface area (Å²) in [6.45, 7) is 6.09. The molecular formula is C15H28IN5S. The molecule has 1 fully saturated rings. The van der Waals surface area contributed by atoms with Gasteiger partial charge < -0.3 is 10.6 Å². The molecule has 0 aliphatic carbocycles. The fourth-order valence-corrected chi connectivity index (χ4v) is 3.92. The Labute approximate surface area is 155 Å². The fraction of sp³-hybridized carbons (Fsp3) is 0.733. The Hall–Kier alpha value is -0.440. The third kappa shape index (κ3) is 5.33. The zero-order valence-corrected chi connectivity index (χ0v) is 17.1. The van der Waals surface area contributed by atoms with Crippen molar-refractivity contribution in [3.8, 4) is 0 Å². The van der Waals surface area contributed by atoms with Crippen LogP contribution in [-0.2, 0) is 13.5 Å². The van der Waals surface area contributed by atoms with Gasteiger partial charge in [0.2, 0.25) is 0 Å². The molecule has 1 aromatic heterocycles. The molecule has 1 aliphatic heterocycles. The molecule has 0 spiro atoms. The quantitative estimate of drug-likeness (QED) is 0.422. The van der Waals surface area contributed by atoms with Crippen LogP contribution in [0.25, 0.3) is 0 Å². The summed E-state index contributed by atoms with van der Waals surface area (Å²) in [4.78, 5) is 4.29. The minimum atomic E-state index is 0. The Kier molecular flexibility index (Phi) is 8.59. The van der Waals surface area contributed by atoms with Crippen molar-refractivity contribution in [1.29, 1.82) is 0 Å². The van der Waals surface area contributed by atoms with E-state index in [-0.39, 0.29) is 24.0 Å². The van der Waals surface area contributed by atoms with Crippen molar-refractivity contribution in [2.24, 2.45) is 12.0 Å². The first-order valence-electron chi connectivity index (χ1n) is 7.67. The summed E-state index contributed by atoms with van der Waals surface area (Å²) in [7, 11) is 3.83. The number of nitrogens with one attached hydrogen (secondary N) is 2. The van der Waals surface area contributed by atoms with Gasteiger partial charge in [0.15, 0.2) is 5.96 Å². The molecule has 5 nitrogen and oxygen atoms in total. The Morgan fingerprint density at radius 1 is 1.41 bits per heavy atom. The van der Waals surface area contributed by atoms with Gasteiger partial charge in [-0.1, -0.05) is 0 Å². The summed E-state index contributed by atoms with van der Waals surface area (Å²) in [5, 5.41) is 12.0. The van der Waals surface area contributed by atoms with Crippen LogP contribution in [0.5, 0.6) is 0 Å². The van der Waals surface area contributed by atoms with Gasteiger partial charge in [-0.15, -0.1) is 24.0 Å². The van der Waals surface area contributed by atoms with Gasteiger partial charge in [-0.25, -0.2) is 0 Å². The van der Waals surface area contributed by atoms with Gasteiger partial charge in [0.05, 0.1) is 5.69 Å². The molecule has 0 saturated carbocycles. The van der Waals surface area contributed by atoms with Crippen LogP contribution in [0.15, 0.2) is 4.99 Å². The first-order valence-corrected chi connectivity index (χ1v) is 8.72. The smallest absolute Gasteiger partial charge is 0.191 e. The van der Waals surface area contributed by atoms with Gasteiger partial charge in [0, 0.05) is 38.1 Å². The monoisotopic (exact) mass is 437 g/mol. The van der Waals surface area contributed by atoms with Crippen molar-refractivity contribution in [2.45, 2.75) is 38.4 Å². The van der Waals surface area contributed by atoms with E-state index in [4.69, 9.17) is 0 Å². The second-order valence-corrected chi connectivity index (χ2v) is 6.95. The van der Waals surface area contributed by atoms with Crippen LogP contribution in [0.4, 0.5) is 0 Å². The molecule has 1 aliphatic rings. The van der Waals surface area contributed by atoms with E-state index in [1.54, 1.807) is 0 Å². The second kappa shape index (κ2) is 9.64. The summed E-state index contributed by atoms with van der Waals surface area (Å²) in [5.41, 5.74) is 3.72. The molecule has 1 saturated heterocycles. The number of thioether (sulfide) groups is 1. The highest BCUT2D eigenvalue weighted by atomic mass is 127. The van der Waals surface area contributed by atoms with Crippen molar-refractivity contribution < 1.29 is 0 Å². The maximum atomic E-state index is 4.46. The highest BCUT2D eigenvalue weighted by Gasteiger charge is 2.15. The average molecular weight is 437 g/mol. The lowest BCUT2D eigenvalue weighted by Gasteiger charge is -2.14. The van der Waals surface area contributed by atoms with Crippen molar-refractivity contribution in [3.05, 3.63) is 17.0 Å². The van der Waals surface area contributed by atoms with Crippen LogP contribution in [0.2, 0.25) is 0 Å². The lowest BCUT2D eigenvalue weighted by molar-refractivity contribution is 0.721. The van der Waals surface area contributed by atoms with Crippen molar-refractivity contribution in [3.63, 3.8) is 0 Å². The zero-order valence-electron chi connectivity index (χ0n) is 14.0. The number of nitrogens with zero attached hydrogens (tertiary/aromatic N) is 3. The molecule has 0 radical (unpaired) electrons. The van der Waals surface area contributed by atoms with Crippen LogP contribution in [-0.4, -0.2) is 46.9 Å². The molecule has 1 aromatic rings. The number of rotatable bonds is 5. The molecule has 1 unspecified atom stereocenters. The molecule has 22 heavy (non-hydrogen) atoms. The largest absolute Gasteiger partial charge is 0.356 e. The predicted molar refractivity (Wildman–Crippen MR) is 107 cm³/mol. The second-order valence-electron chi connectivity index (χ2n) is 5.54. The molecule has 0 aromatic carbocycles. The van der Waals surface area contributed by atoms with E-state index in [0.717, 1.165) is 36.4 Å². The molecule has 2 rings (SSSR count). The maximum Gasteiger partial charge on any atom is 0.191 e. The minimum Gasteiger partial charge on any atom is -0.356 e. The van der Waals surface area contributed by atoms with Gasteiger partial charge in [0.1, 0.15) is 0 Å². The van der Waals surface area contributed by atoms with Crippen molar-refractivity contribution in [2.75, 3.05) is 25.9 Å². The van der Waals surface area contributed by atoms with E-state index in [9.17, 15) is 0 Å². The van der Waals surface area contributed by atoms with E-state index < -0.39 is 0 Å². The lowest BCUT2D eigenvalue weighted by atomic mass is 10.1. The van der Waals surface area contributed by atoms with Crippen LogP contribution in [0, 0.1) is 13.8 Å². The average Bonchev–Trinajstić information content (AvgIpc) is 3.06. The highest BCUT2D eigenvalue weighted by Crippen LogP contribution is 2.25.